The molecule has 0 radical (unpaired) electrons. The van der Waals surface area contributed by atoms with Gasteiger partial charge in [0, 0.05) is 61.3 Å². The Balaban J connectivity index is 1.54. The Morgan fingerprint density at radius 2 is 1.71 bits per heavy atom. The summed E-state index contributed by atoms with van der Waals surface area (Å²) >= 11 is 0.894. The molecule has 1 aromatic carbocycles. The zero-order valence-corrected chi connectivity index (χ0v) is 25.0. The monoisotopic (exact) mass is 579 g/mol. The molecule has 2 aromatic heterocycles. The number of amides is 2. The van der Waals surface area contributed by atoms with Crippen LogP contribution in [0.1, 0.15) is 80.1 Å². The van der Waals surface area contributed by atoms with Crippen LogP contribution in [0.25, 0.3) is 10.9 Å². The van der Waals surface area contributed by atoms with Crippen LogP contribution in [0.4, 0.5) is 0 Å². The molecule has 1 saturated heterocycles. The molecule has 0 saturated carbocycles. The molecule has 1 aliphatic heterocycles. The van der Waals surface area contributed by atoms with Gasteiger partial charge in [-0.25, -0.2) is 9.78 Å². The van der Waals surface area contributed by atoms with Gasteiger partial charge in [-0.05, 0) is 44.0 Å². The van der Waals surface area contributed by atoms with Crippen LogP contribution in [0.5, 0.6) is 0 Å². The number of nitrogens with one attached hydrogen (secondary N) is 1. The summed E-state index contributed by atoms with van der Waals surface area (Å²) in [7, 11) is 0. The van der Waals surface area contributed by atoms with E-state index in [0.29, 0.717) is 24.8 Å². The Labute approximate surface area is 246 Å². The van der Waals surface area contributed by atoms with Crippen LogP contribution >= 0.6 is 11.9 Å². The number of rotatable bonds is 13. The number of unbranched alkanes of at least 4 members (excludes halogenated alkanes) is 2. The zero-order valence-electron chi connectivity index (χ0n) is 24.2. The summed E-state index contributed by atoms with van der Waals surface area (Å²) in [5.74, 6) is -1.71. The highest BCUT2D eigenvalue weighted by molar-refractivity contribution is 7.97. The molecule has 9 nitrogen and oxygen atoms in total. The van der Waals surface area contributed by atoms with Crippen molar-refractivity contribution in [2.75, 3.05) is 26.2 Å². The standard InChI is InChI=1S/C31H41N5O4S/c1-4-6-12-24(13-7-5-2)34-17-19-35(20-18-34)29(37)22(3)36(41-28-25(31(39)40)14-10-16-32-28)30(38)27-21-23-11-8-9-15-26(23)33-27/h8-11,14-16,21-22,24,33H,4-7,12-13,17-20H2,1-3H3,(H,39,40)/t22-/m1/s1. The molecule has 0 unspecified atom stereocenters. The van der Waals surface area contributed by atoms with E-state index in [1.165, 1.54) is 55.1 Å². The molecular formula is C31H41N5O4S. The van der Waals surface area contributed by atoms with Crippen molar-refractivity contribution in [2.45, 2.75) is 76.4 Å². The van der Waals surface area contributed by atoms with E-state index >= 15 is 0 Å². The molecule has 1 atom stereocenters. The fraction of sp³-hybridized carbons (Fsp3) is 0.484. The SMILES string of the molecule is CCCCC(CCCC)N1CCN(C(=O)[C@@H](C)N(Sc2ncccc2C(=O)O)C(=O)c2cc3ccccc3[nH]2)CC1. The van der Waals surface area contributed by atoms with Gasteiger partial charge in [-0.1, -0.05) is 57.7 Å². The molecule has 3 aromatic rings. The number of carboxylic acid groups (broad SMARTS) is 1. The van der Waals surface area contributed by atoms with Gasteiger partial charge in [0.25, 0.3) is 5.91 Å². The number of benzene rings is 1. The first-order valence-electron chi connectivity index (χ1n) is 14.6. The van der Waals surface area contributed by atoms with Crippen molar-refractivity contribution in [3.05, 3.63) is 59.9 Å². The van der Waals surface area contributed by atoms with Crippen molar-refractivity contribution in [1.29, 1.82) is 0 Å². The highest BCUT2D eigenvalue weighted by Gasteiger charge is 2.35. The van der Waals surface area contributed by atoms with Gasteiger partial charge in [0.1, 0.15) is 16.8 Å². The van der Waals surface area contributed by atoms with Crippen LogP contribution < -0.4 is 0 Å². The van der Waals surface area contributed by atoms with Gasteiger partial charge in [0.15, 0.2) is 0 Å². The first-order valence-corrected chi connectivity index (χ1v) is 15.4. The van der Waals surface area contributed by atoms with Crippen molar-refractivity contribution < 1.29 is 19.5 Å². The number of aromatic carboxylic acids is 1. The summed E-state index contributed by atoms with van der Waals surface area (Å²) in [6, 6.07) is 12.0. The second-order valence-electron chi connectivity index (χ2n) is 10.6. The number of carboxylic acids is 1. The van der Waals surface area contributed by atoms with Crippen LogP contribution in [0.15, 0.2) is 53.7 Å². The van der Waals surface area contributed by atoms with E-state index in [4.69, 9.17) is 0 Å². The number of para-hydroxylation sites is 1. The number of H-pyrrole nitrogens is 1. The predicted molar refractivity (Wildman–Crippen MR) is 162 cm³/mol. The van der Waals surface area contributed by atoms with Crippen LogP contribution in [0.2, 0.25) is 0 Å². The minimum absolute atomic E-state index is 0.0228. The Morgan fingerprint density at radius 1 is 1.02 bits per heavy atom. The van der Waals surface area contributed by atoms with E-state index in [9.17, 15) is 19.5 Å². The highest BCUT2D eigenvalue weighted by atomic mass is 32.2. The third-order valence-electron chi connectivity index (χ3n) is 7.78. The first kappa shape index (κ1) is 30.6. The molecule has 2 amide bonds. The first-order chi connectivity index (χ1) is 19.8. The third kappa shape index (κ3) is 7.48. The normalized spacial score (nSPS) is 14.9. The quantitative estimate of drug-likeness (QED) is 0.250. The van der Waals surface area contributed by atoms with Crippen molar-refractivity contribution in [3.8, 4) is 0 Å². The number of piperazine rings is 1. The molecule has 41 heavy (non-hydrogen) atoms. The molecule has 10 heteroatoms. The molecular weight excluding hydrogens is 538 g/mol. The number of pyridine rings is 1. The number of carbonyl (C=O) groups excluding carboxylic acids is 2. The van der Waals surface area contributed by atoms with Gasteiger partial charge in [0.05, 0.1) is 5.56 Å². The summed E-state index contributed by atoms with van der Waals surface area (Å²) in [6.07, 6.45) is 8.61. The molecule has 4 rings (SSSR count). The predicted octanol–water partition coefficient (Wildman–Crippen LogP) is 5.69. The second-order valence-corrected chi connectivity index (χ2v) is 11.6. The minimum atomic E-state index is -1.14. The number of carbonyl (C=O) groups is 3. The van der Waals surface area contributed by atoms with E-state index < -0.39 is 17.9 Å². The maximum Gasteiger partial charge on any atom is 0.338 e. The van der Waals surface area contributed by atoms with Crippen molar-refractivity contribution in [3.63, 3.8) is 0 Å². The number of hydrogen-bond acceptors (Lipinski definition) is 6. The molecule has 1 fully saturated rings. The molecule has 2 N–H and O–H groups in total. The lowest BCUT2D eigenvalue weighted by atomic mass is 10.0. The van der Waals surface area contributed by atoms with Crippen molar-refractivity contribution in [2.24, 2.45) is 0 Å². The number of aromatic amines is 1. The summed E-state index contributed by atoms with van der Waals surface area (Å²) in [5.41, 5.74) is 1.11. The van der Waals surface area contributed by atoms with Crippen LogP contribution in [0, 0.1) is 0 Å². The average Bonchev–Trinajstić information content (AvgIpc) is 3.44. The molecule has 0 aliphatic carbocycles. The van der Waals surface area contributed by atoms with E-state index in [1.807, 2.05) is 29.2 Å². The van der Waals surface area contributed by atoms with Gasteiger partial charge in [-0.3, -0.25) is 18.8 Å². The van der Waals surface area contributed by atoms with Gasteiger partial charge >= 0.3 is 5.97 Å². The smallest absolute Gasteiger partial charge is 0.338 e. The maximum absolute atomic E-state index is 13.9. The summed E-state index contributed by atoms with van der Waals surface area (Å²) in [4.78, 5) is 51.4. The lowest BCUT2D eigenvalue weighted by Gasteiger charge is -2.41. The van der Waals surface area contributed by atoms with Gasteiger partial charge in [-0.15, -0.1) is 0 Å². The van der Waals surface area contributed by atoms with Crippen LogP contribution in [0.3, 0.4) is 0 Å². The van der Waals surface area contributed by atoms with Crippen LogP contribution in [-0.4, -0.2) is 85.2 Å². The lowest BCUT2D eigenvalue weighted by molar-refractivity contribution is -0.136. The summed E-state index contributed by atoms with van der Waals surface area (Å²) in [6.45, 7) is 8.96. The second kappa shape index (κ2) is 14.5. The molecule has 0 bridgehead atoms. The van der Waals surface area contributed by atoms with Gasteiger partial charge < -0.3 is 15.0 Å². The van der Waals surface area contributed by atoms with Gasteiger partial charge in [0.2, 0.25) is 5.91 Å². The average molecular weight is 580 g/mol. The molecule has 1 aliphatic rings. The third-order valence-corrected chi connectivity index (χ3v) is 8.96. The summed E-state index contributed by atoms with van der Waals surface area (Å²) < 4.78 is 1.36. The Morgan fingerprint density at radius 3 is 2.34 bits per heavy atom. The van der Waals surface area contributed by atoms with Gasteiger partial charge in [-0.2, -0.15) is 0 Å². The Hall–Kier alpha value is -3.37. The lowest BCUT2D eigenvalue weighted by Crippen LogP contribution is -2.55. The van der Waals surface area contributed by atoms with E-state index in [2.05, 4.69) is 28.7 Å². The Kier molecular flexibility index (Phi) is 10.8. The van der Waals surface area contributed by atoms with E-state index in [-0.39, 0.29) is 16.5 Å². The topological polar surface area (TPSA) is 110 Å². The fourth-order valence-corrected chi connectivity index (χ4v) is 6.36. The minimum Gasteiger partial charge on any atom is -0.478 e. The van der Waals surface area contributed by atoms with Crippen molar-refractivity contribution in [1.82, 2.24) is 24.1 Å². The number of nitrogens with zero attached hydrogens (tertiary/aromatic N) is 4. The zero-order chi connectivity index (χ0) is 29.4. The largest absolute Gasteiger partial charge is 0.478 e. The molecule has 3 heterocycles. The highest BCUT2D eigenvalue weighted by Crippen LogP contribution is 2.30. The number of hydrogen-bond donors (Lipinski definition) is 2. The maximum atomic E-state index is 13.9. The van der Waals surface area contributed by atoms with E-state index in [0.717, 1.165) is 35.9 Å². The van der Waals surface area contributed by atoms with E-state index in [1.54, 1.807) is 19.1 Å². The molecule has 0 spiro atoms. The Bertz CT molecular complexity index is 1300. The molecule has 220 valence electrons. The number of aromatic nitrogens is 2. The fourth-order valence-electron chi connectivity index (χ4n) is 5.38. The summed E-state index contributed by atoms with van der Waals surface area (Å²) in [5, 5.41) is 10.7. The van der Waals surface area contributed by atoms with Crippen molar-refractivity contribution >= 4 is 40.6 Å². The number of fused-ring (bicyclic) bond motifs is 1. The van der Waals surface area contributed by atoms with Crippen LogP contribution in [-0.2, 0) is 4.79 Å².